The summed E-state index contributed by atoms with van der Waals surface area (Å²) in [6, 6.07) is 3.89. The Bertz CT molecular complexity index is 64.6. The molecule has 0 atom stereocenters. The maximum atomic E-state index is 9.50. The first-order valence-electron chi connectivity index (χ1n) is 1.96. The second-order valence-corrected chi connectivity index (χ2v) is 0.885. The van der Waals surface area contributed by atoms with Crippen molar-refractivity contribution in [1.29, 1.82) is 0 Å². The van der Waals surface area contributed by atoms with Gasteiger partial charge in [0.25, 0.3) is 0 Å². The monoisotopic (exact) mass is 101 g/mol. The first-order chi connectivity index (χ1) is 3.50. The minimum atomic E-state index is 0.500. The molecule has 0 aromatic carbocycles. The highest BCUT2D eigenvalue weighted by molar-refractivity contribution is 4.84. The van der Waals surface area contributed by atoms with Crippen LogP contribution >= 0.6 is 0 Å². The van der Waals surface area contributed by atoms with Crippen LogP contribution in [-0.4, -0.2) is 12.2 Å². The maximum Gasteiger partial charge on any atom is 0.0785 e. The molecular weight excluding hydrogens is 93.1 g/mol. The van der Waals surface area contributed by atoms with Crippen molar-refractivity contribution >= 4 is 0 Å². The summed E-state index contributed by atoms with van der Waals surface area (Å²) in [5.41, 5.74) is 0. The van der Waals surface area contributed by atoms with E-state index in [0.29, 0.717) is 7.18 Å². The number of aromatic amines is 1. The van der Waals surface area contributed by atoms with Crippen LogP contribution < -0.4 is 0 Å². The molecule has 2 heteroatoms. The van der Waals surface area contributed by atoms with E-state index in [4.69, 9.17) is 0 Å². The van der Waals surface area contributed by atoms with Crippen LogP contribution in [0.1, 0.15) is 0 Å². The maximum absolute atomic E-state index is 9.50. The molecule has 0 saturated carbocycles. The molecule has 1 N–H and O–H groups in total. The molecule has 0 aliphatic carbocycles. The Morgan fingerprint density at radius 1 is 1.14 bits per heavy atom. The van der Waals surface area contributed by atoms with Gasteiger partial charge < -0.3 is 4.98 Å². The third-order valence-electron chi connectivity index (χ3n) is 0.496. The van der Waals surface area contributed by atoms with Crippen LogP contribution in [0.15, 0.2) is 24.5 Å². The average molecular weight is 101 g/mol. The van der Waals surface area contributed by atoms with Gasteiger partial charge in [0.05, 0.1) is 7.18 Å². The summed E-state index contributed by atoms with van der Waals surface area (Å²) in [4.78, 5) is 2.86. The molecule has 0 saturated heterocycles. The van der Waals surface area contributed by atoms with Crippen LogP contribution in [0.4, 0.5) is 4.39 Å². The normalized spacial score (nSPS) is 6.57. The fourth-order valence-corrected chi connectivity index (χ4v) is 0.278. The van der Waals surface area contributed by atoms with Crippen molar-refractivity contribution in [3.63, 3.8) is 0 Å². The zero-order valence-electron chi connectivity index (χ0n) is 4.19. The van der Waals surface area contributed by atoms with Crippen molar-refractivity contribution in [3.8, 4) is 0 Å². The zero-order chi connectivity index (χ0) is 5.54. The molecule has 1 rings (SSSR count). The highest BCUT2D eigenvalue weighted by Crippen LogP contribution is 1.72. The van der Waals surface area contributed by atoms with Gasteiger partial charge in [-0.25, -0.2) is 0 Å². The van der Waals surface area contributed by atoms with Crippen LogP contribution in [0.5, 0.6) is 0 Å². The lowest BCUT2D eigenvalue weighted by molar-refractivity contribution is 0.636. The van der Waals surface area contributed by atoms with Crippen molar-refractivity contribution in [2.45, 2.75) is 0 Å². The van der Waals surface area contributed by atoms with Crippen LogP contribution in [-0.2, 0) is 0 Å². The summed E-state index contributed by atoms with van der Waals surface area (Å²) in [7, 11) is 0.500. The molecule has 0 amide bonds. The summed E-state index contributed by atoms with van der Waals surface area (Å²) >= 11 is 0. The number of hydrogen-bond donors (Lipinski definition) is 1. The summed E-state index contributed by atoms with van der Waals surface area (Å²) in [6.45, 7) is 0. The first-order valence-corrected chi connectivity index (χ1v) is 1.96. The molecule has 0 aliphatic heterocycles. The Hall–Kier alpha value is -0.790. The van der Waals surface area contributed by atoms with Crippen LogP contribution in [0, 0.1) is 0 Å². The Morgan fingerprint density at radius 3 is 1.71 bits per heavy atom. The summed E-state index contributed by atoms with van der Waals surface area (Å²) < 4.78 is 9.50. The Morgan fingerprint density at radius 2 is 1.57 bits per heavy atom. The van der Waals surface area contributed by atoms with E-state index in [9.17, 15) is 4.39 Å². The predicted molar refractivity (Wildman–Crippen MR) is 27.8 cm³/mol. The van der Waals surface area contributed by atoms with E-state index >= 15 is 0 Å². The number of H-pyrrole nitrogens is 1. The summed E-state index contributed by atoms with van der Waals surface area (Å²) in [6.07, 6.45) is 3.75. The molecule has 1 aromatic rings. The molecule has 1 nitrogen and oxygen atoms in total. The molecule has 40 valence electrons. The molecule has 0 spiro atoms. The lowest BCUT2D eigenvalue weighted by Crippen LogP contribution is -1.38. The van der Waals surface area contributed by atoms with Crippen molar-refractivity contribution in [3.05, 3.63) is 24.5 Å². The second-order valence-electron chi connectivity index (χ2n) is 0.885. The van der Waals surface area contributed by atoms with Gasteiger partial charge in [-0.05, 0) is 12.1 Å². The molecule has 0 aliphatic rings. The Balaban J connectivity index is 0.000000162. The minimum Gasteiger partial charge on any atom is -0.368 e. The fraction of sp³-hybridized carbons (Fsp3) is 0.200. The van der Waals surface area contributed by atoms with Crippen LogP contribution in [0.25, 0.3) is 0 Å². The minimum absolute atomic E-state index is 0.500. The summed E-state index contributed by atoms with van der Waals surface area (Å²) in [5.74, 6) is 0. The topological polar surface area (TPSA) is 15.8 Å². The van der Waals surface area contributed by atoms with Gasteiger partial charge in [0.1, 0.15) is 0 Å². The Labute approximate surface area is 42.2 Å². The van der Waals surface area contributed by atoms with Gasteiger partial charge in [0.2, 0.25) is 0 Å². The predicted octanol–water partition coefficient (Wildman–Crippen LogP) is 1.60. The van der Waals surface area contributed by atoms with Gasteiger partial charge in [-0.2, -0.15) is 0 Å². The molecule has 0 unspecified atom stereocenters. The van der Waals surface area contributed by atoms with E-state index in [1.54, 1.807) is 0 Å². The SMILES string of the molecule is CF.c1cc[nH]c1. The third kappa shape index (κ3) is 3.03. The number of rotatable bonds is 0. The largest absolute Gasteiger partial charge is 0.368 e. The number of nitrogens with one attached hydrogen (secondary N) is 1. The first kappa shape index (κ1) is 6.21. The fourth-order valence-electron chi connectivity index (χ4n) is 0.278. The standard InChI is InChI=1S/C4H5N.CH3F/c1-2-4-5-3-1;1-2/h1-5H;1H3. The lowest BCUT2D eigenvalue weighted by Gasteiger charge is -1.49. The van der Waals surface area contributed by atoms with E-state index in [1.807, 2.05) is 24.5 Å². The zero-order valence-corrected chi connectivity index (χ0v) is 4.19. The van der Waals surface area contributed by atoms with Crippen molar-refractivity contribution < 1.29 is 4.39 Å². The van der Waals surface area contributed by atoms with E-state index in [0.717, 1.165) is 0 Å². The van der Waals surface area contributed by atoms with Crippen molar-refractivity contribution in [2.75, 3.05) is 7.18 Å². The van der Waals surface area contributed by atoms with Crippen LogP contribution in [0.2, 0.25) is 0 Å². The second kappa shape index (κ2) is 5.21. The van der Waals surface area contributed by atoms with E-state index in [1.165, 1.54) is 0 Å². The molecular formula is C5H8FN. The molecule has 0 radical (unpaired) electrons. The molecule has 1 heterocycles. The highest BCUT2D eigenvalue weighted by atomic mass is 19.1. The van der Waals surface area contributed by atoms with E-state index in [2.05, 4.69) is 4.98 Å². The van der Waals surface area contributed by atoms with Gasteiger partial charge >= 0.3 is 0 Å². The van der Waals surface area contributed by atoms with Crippen LogP contribution in [0.3, 0.4) is 0 Å². The number of hydrogen-bond acceptors (Lipinski definition) is 0. The lowest BCUT2D eigenvalue weighted by atomic mass is 10.7. The Kier molecular flexibility index (Phi) is 4.62. The van der Waals surface area contributed by atoms with Crippen molar-refractivity contribution in [1.82, 2.24) is 4.98 Å². The summed E-state index contributed by atoms with van der Waals surface area (Å²) in [5, 5.41) is 0. The van der Waals surface area contributed by atoms with Gasteiger partial charge in [0.15, 0.2) is 0 Å². The third-order valence-corrected chi connectivity index (χ3v) is 0.496. The highest BCUT2D eigenvalue weighted by Gasteiger charge is 1.55. The van der Waals surface area contributed by atoms with E-state index < -0.39 is 0 Å². The molecule has 7 heavy (non-hydrogen) atoms. The quantitative estimate of drug-likeness (QED) is 0.511. The van der Waals surface area contributed by atoms with Gasteiger partial charge in [0, 0.05) is 12.4 Å². The van der Waals surface area contributed by atoms with Gasteiger partial charge in [-0.15, -0.1) is 0 Å². The van der Waals surface area contributed by atoms with Gasteiger partial charge in [-0.1, -0.05) is 0 Å². The van der Waals surface area contributed by atoms with Crippen molar-refractivity contribution in [2.24, 2.45) is 0 Å². The average Bonchev–Trinajstić information content (AvgIpc) is 2.23. The molecule has 1 aromatic heterocycles. The number of halogens is 1. The molecule has 0 fully saturated rings. The van der Waals surface area contributed by atoms with E-state index in [-0.39, 0.29) is 0 Å². The van der Waals surface area contributed by atoms with Gasteiger partial charge in [-0.3, -0.25) is 4.39 Å². The number of alkyl halides is 1. The molecule has 0 bridgehead atoms. The number of aromatic nitrogens is 1. The smallest absolute Gasteiger partial charge is 0.0785 e.